The van der Waals surface area contributed by atoms with Crippen molar-refractivity contribution >= 4 is 23.5 Å². The summed E-state index contributed by atoms with van der Waals surface area (Å²) in [6.07, 6.45) is 2.73. The predicted octanol–water partition coefficient (Wildman–Crippen LogP) is 4.09. The van der Waals surface area contributed by atoms with Gasteiger partial charge in [0.1, 0.15) is 11.1 Å². The van der Waals surface area contributed by atoms with Gasteiger partial charge in [-0.25, -0.2) is 19.7 Å². The first-order valence-electron chi connectivity index (χ1n) is 11.6. The molecule has 1 aliphatic rings. The molecule has 1 fully saturated rings. The molecule has 0 spiro atoms. The Balaban J connectivity index is 1.68. The number of anilines is 2. The fourth-order valence-corrected chi connectivity index (χ4v) is 4.37. The van der Waals surface area contributed by atoms with Crippen molar-refractivity contribution in [3.63, 3.8) is 0 Å². The maximum Gasteiger partial charge on any atom is 0.388 e. The van der Waals surface area contributed by atoms with Gasteiger partial charge in [0.15, 0.2) is 0 Å². The van der Waals surface area contributed by atoms with Gasteiger partial charge in [0.05, 0.1) is 12.7 Å². The van der Waals surface area contributed by atoms with E-state index in [1.807, 2.05) is 43.0 Å². The molecule has 0 aliphatic carbocycles. The fourth-order valence-electron chi connectivity index (χ4n) is 4.37. The zero-order valence-corrected chi connectivity index (χ0v) is 20.9. The highest BCUT2D eigenvalue weighted by Crippen LogP contribution is 2.41. The van der Waals surface area contributed by atoms with Crippen LogP contribution in [0.25, 0.3) is 0 Å². The minimum atomic E-state index is -3.09. The molecule has 0 atom stereocenters. The molecule has 0 unspecified atom stereocenters. The van der Waals surface area contributed by atoms with E-state index in [1.165, 1.54) is 25.6 Å². The van der Waals surface area contributed by atoms with Gasteiger partial charge in [0, 0.05) is 31.2 Å². The Morgan fingerprint density at radius 1 is 1.08 bits per heavy atom. The third-order valence-corrected chi connectivity index (χ3v) is 6.25. The molecule has 0 bridgehead atoms. The predicted molar refractivity (Wildman–Crippen MR) is 132 cm³/mol. The third kappa shape index (κ3) is 5.20. The Hall–Kier alpha value is -4.15. The standard InChI is InChI=1S/C26H27F2N5O4/c1-15(2)18-7-5-6-8-19(18)26(13-33(14-26)25-29-11-17(12-30-25)22(34)36-4)23(35)32-20-10-9-16(3)31-21(20)37-24(27)28/h5-12,15,24H,13-14H2,1-4H3,(H,32,35). The number of rotatable bonds is 8. The molecule has 3 aromatic rings. The number of nitrogens with zero attached hydrogens (tertiary/aromatic N) is 4. The Kier molecular flexibility index (Phi) is 7.33. The summed E-state index contributed by atoms with van der Waals surface area (Å²) in [7, 11) is 1.27. The summed E-state index contributed by atoms with van der Waals surface area (Å²) < 4.78 is 35.3. The Morgan fingerprint density at radius 3 is 2.38 bits per heavy atom. The summed E-state index contributed by atoms with van der Waals surface area (Å²) in [5.41, 5.74) is 1.51. The van der Waals surface area contributed by atoms with E-state index in [0.29, 0.717) is 11.6 Å². The number of ether oxygens (including phenoxy) is 2. The van der Waals surface area contributed by atoms with Crippen LogP contribution < -0.4 is 15.0 Å². The zero-order valence-electron chi connectivity index (χ0n) is 20.9. The number of benzene rings is 1. The lowest BCUT2D eigenvalue weighted by atomic mass is 9.69. The van der Waals surface area contributed by atoms with Crippen molar-refractivity contribution in [2.24, 2.45) is 0 Å². The molecule has 1 saturated heterocycles. The third-order valence-electron chi connectivity index (χ3n) is 6.25. The summed E-state index contributed by atoms with van der Waals surface area (Å²) in [6.45, 7) is 3.07. The van der Waals surface area contributed by atoms with Crippen LogP contribution in [0.5, 0.6) is 5.88 Å². The summed E-state index contributed by atoms with van der Waals surface area (Å²) in [6, 6.07) is 10.7. The molecule has 2 aromatic heterocycles. The lowest BCUT2D eigenvalue weighted by Gasteiger charge is -2.50. The van der Waals surface area contributed by atoms with Crippen LogP contribution in [0, 0.1) is 6.92 Å². The van der Waals surface area contributed by atoms with Crippen LogP contribution in [0.2, 0.25) is 0 Å². The van der Waals surface area contributed by atoms with Gasteiger partial charge in [-0.05, 0) is 36.1 Å². The molecule has 11 heteroatoms. The molecule has 1 aromatic carbocycles. The van der Waals surface area contributed by atoms with Gasteiger partial charge in [-0.15, -0.1) is 0 Å². The van der Waals surface area contributed by atoms with Crippen molar-refractivity contribution in [2.75, 3.05) is 30.4 Å². The van der Waals surface area contributed by atoms with Gasteiger partial charge in [-0.3, -0.25) is 4.79 Å². The zero-order chi connectivity index (χ0) is 26.7. The average molecular weight is 512 g/mol. The number of aryl methyl sites for hydroxylation is 1. The van der Waals surface area contributed by atoms with Gasteiger partial charge < -0.3 is 19.7 Å². The number of hydrogen-bond acceptors (Lipinski definition) is 8. The Bertz CT molecular complexity index is 1290. The number of esters is 1. The Morgan fingerprint density at radius 2 is 1.76 bits per heavy atom. The van der Waals surface area contributed by atoms with Gasteiger partial charge in [0.25, 0.3) is 0 Å². The lowest BCUT2D eigenvalue weighted by molar-refractivity contribution is -0.122. The van der Waals surface area contributed by atoms with E-state index in [4.69, 9.17) is 0 Å². The number of carbonyl (C=O) groups excluding carboxylic acids is 2. The summed E-state index contributed by atoms with van der Waals surface area (Å²) in [4.78, 5) is 39.9. The number of nitrogens with one attached hydrogen (secondary N) is 1. The monoisotopic (exact) mass is 511 g/mol. The molecule has 1 N–H and O–H groups in total. The van der Waals surface area contributed by atoms with Gasteiger partial charge in [-0.2, -0.15) is 8.78 Å². The molecule has 1 aliphatic heterocycles. The van der Waals surface area contributed by atoms with Crippen LogP contribution in [-0.4, -0.2) is 53.6 Å². The summed E-state index contributed by atoms with van der Waals surface area (Å²) in [5.74, 6) is -0.828. The number of halogens is 2. The van der Waals surface area contributed by atoms with Crippen molar-refractivity contribution in [1.82, 2.24) is 15.0 Å². The molecule has 4 rings (SSSR count). The van der Waals surface area contributed by atoms with E-state index in [0.717, 1.165) is 11.1 Å². The van der Waals surface area contributed by atoms with E-state index >= 15 is 0 Å². The van der Waals surface area contributed by atoms with Crippen LogP contribution in [0.3, 0.4) is 0 Å². The minimum absolute atomic E-state index is 0.0504. The molecular formula is C26H27F2N5O4. The highest BCUT2D eigenvalue weighted by atomic mass is 19.3. The number of alkyl halides is 2. The fraction of sp³-hybridized carbons (Fsp3) is 0.346. The second kappa shape index (κ2) is 10.5. The quantitative estimate of drug-likeness (QED) is 0.451. The van der Waals surface area contributed by atoms with Gasteiger partial charge in [-0.1, -0.05) is 38.1 Å². The van der Waals surface area contributed by atoms with Gasteiger partial charge >= 0.3 is 12.6 Å². The van der Waals surface area contributed by atoms with Crippen LogP contribution >= 0.6 is 0 Å². The van der Waals surface area contributed by atoms with Crippen molar-refractivity contribution in [2.45, 2.75) is 38.7 Å². The maximum atomic E-state index is 13.9. The van der Waals surface area contributed by atoms with Crippen LogP contribution in [0.4, 0.5) is 20.4 Å². The maximum absolute atomic E-state index is 13.9. The molecule has 3 heterocycles. The van der Waals surface area contributed by atoms with Crippen LogP contribution in [0.15, 0.2) is 48.8 Å². The van der Waals surface area contributed by atoms with Crippen molar-refractivity contribution in [1.29, 1.82) is 0 Å². The lowest BCUT2D eigenvalue weighted by Crippen LogP contribution is -2.66. The molecule has 37 heavy (non-hydrogen) atoms. The number of pyridine rings is 1. The van der Waals surface area contributed by atoms with E-state index in [9.17, 15) is 18.4 Å². The summed E-state index contributed by atoms with van der Waals surface area (Å²) in [5, 5.41) is 2.77. The van der Waals surface area contributed by atoms with E-state index < -0.39 is 23.9 Å². The molecule has 194 valence electrons. The number of hydrogen-bond donors (Lipinski definition) is 1. The largest absolute Gasteiger partial charge is 0.465 e. The normalized spacial score (nSPS) is 14.3. The molecule has 0 radical (unpaired) electrons. The number of carbonyl (C=O) groups is 2. The van der Waals surface area contributed by atoms with Crippen LogP contribution in [0.1, 0.15) is 46.9 Å². The highest BCUT2D eigenvalue weighted by molar-refractivity contribution is 6.02. The average Bonchev–Trinajstić information content (AvgIpc) is 2.85. The van der Waals surface area contributed by atoms with Crippen molar-refractivity contribution < 1.29 is 27.8 Å². The number of aromatic nitrogens is 3. The van der Waals surface area contributed by atoms with E-state index in [1.54, 1.807) is 13.0 Å². The molecule has 9 nitrogen and oxygen atoms in total. The second-order valence-electron chi connectivity index (χ2n) is 9.08. The summed E-state index contributed by atoms with van der Waals surface area (Å²) >= 11 is 0. The van der Waals surface area contributed by atoms with Crippen molar-refractivity contribution in [3.05, 3.63) is 71.2 Å². The molecular weight excluding hydrogens is 484 g/mol. The highest BCUT2D eigenvalue weighted by Gasteiger charge is 2.53. The van der Waals surface area contributed by atoms with Gasteiger partial charge in [0.2, 0.25) is 17.7 Å². The van der Waals surface area contributed by atoms with E-state index in [2.05, 4.69) is 29.7 Å². The Labute approximate surface area is 212 Å². The second-order valence-corrected chi connectivity index (χ2v) is 9.08. The van der Waals surface area contributed by atoms with Crippen molar-refractivity contribution in [3.8, 4) is 5.88 Å². The smallest absolute Gasteiger partial charge is 0.388 e. The number of methoxy groups -OCH3 is 1. The minimum Gasteiger partial charge on any atom is -0.465 e. The SMILES string of the molecule is COC(=O)c1cnc(N2CC(C(=O)Nc3ccc(C)nc3OC(F)F)(c3ccccc3C(C)C)C2)nc1. The first-order valence-corrected chi connectivity index (χ1v) is 11.6. The van der Waals surface area contributed by atoms with E-state index in [-0.39, 0.29) is 36.1 Å². The van der Waals surface area contributed by atoms with Crippen LogP contribution in [-0.2, 0) is 14.9 Å². The topological polar surface area (TPSA) is 107 Å². The molecule has 0 saturated carbocycles. The first kappa shape index (κ1) is 25.9. The molecule has 1 amide bonds. The number of amides is 1. The first-order chi connectivity index (χ1) is 17.6.